The number of esters is 1. The summed E-state index contributed by atoms with van der Waals surface area (Å²) >= 11 is 0. The van der Waals surface area contributed by atoms with E-state index in [9.17, 15) is 19.8 Å². The minimum atomic E-state index is -0.790. The molecule has 6 heteroatoms. The molecule has 0 aromatic heterocycles. The lowest BCUT2D eigenvalue weighted by Crippen LogP contribution is -2.46. The molecule has 0 rings (SSSR count). The van der Waals surface area contributed by atoms with Gasteiger partial charge in [0.05, 0.1) is 25.2 Å². The van der Waals surface area contributed by atoms with E-state index in [1.807, 2.05) is 0 Å². The fourth-order valence-electron chi connectivity index (χ4n) is 7.35. The SMILES string of the molecule is CCCCC/C=C\C/C=C\C/C=C\C/C=C\CCCCCC(=O)OC(CCCCCCCCCC)CC(=O)NC(CO)C(O)CCCCCCCCCCCCCC. The third kappa shape index (κ3) is 40.6. The maximum Gasteiger partial charge on any atom is 0.306 e. The molecule has 0 aliphatic carbocycles. The molecule has 0 fully saturated rings. The highest BCUT2D eigenvalue weighted by Crippen LogP contribution is 2.17. The number of amides is 1. The molecule has 58 heavy (non-hydrogen) atoms. The molecule has 0 radical (unpaired) electrons. The van der Waals surface area contributed by atoms with Crippen LogP contribution < -0.4 is 5.32 Å². The van der Waals surface area contributed by atoms with Gasteiger partial charge in [-0.3, -0.25) is 9.59 Å². The van der Waals surface area contributed by atoms with Crippen LogP contribution in [0.3, 0.4) is 0 Å². The average Bonchev–Trinajstić information content (AvgIpc) is 3.22. The molecular weight excluding hydrogens is 719 g/mol. The van der Waals surface area contributed by atoms with Crippen molar-refractivity contribution < 1.29 is 24.5 Å². The van der Waals surface area contributed by atoms with Gasteiger partial charge in [0.1, 0.15) is 6.10 Å². The minimum Gasteiger partial charge on any atom is -0.462 e. The zero-order chi connectivity index (χ0) is 42.4. The Morgan fingerprint density at radius 3 is 1.34 bits per heavy atom. The summed E-state index contributed by atoms with van der Waals surface area (Å²) in [4.78, 5) is 26.0. The highest BCUT2D eigenvalue weighted by molar-refractivity contribution is 5.77. The number of nitrogens with one attached hydrogen (secondary N) is 1. The number of aliphatic hydroxyl groups excluding tert-OH is 2. The van der Waals surface area contributed by atoms with E-state index in [1.165, 1.54) is 116 Å². The lowest BCUT2D eigenvalue weighted by Gasteiger charge is -2.24. The Balaban J connectivity index is 4.48. The van der Waals surface area contributed by atoms with Crippen molar-refractivity contribution in [1.29, 1.82) is 0 Å². The van der Waals surface area contributed by atoms with Crippen molar-refractivity contribution in [2.45, 2.75) is 264 Å². The molecule has 0 bridgehead atoms. The van der Waals surface area contributed by atoms with Crippen molar-refractivity contribution in [3.8, 4) is 0 Å². The van der Waals surface area contributed by atoms with E-state index in [1.54, 1.807) is 0 Å². The van der Waals surface area contributed by atoms with Crippen LogP contribution in [0.2, 0.25) is 0 Å². The molecule has 338 valence electrons. The summed E-state index contributed by atoms with van der Waals surface area (Å²) in [5, 5.41) is 23.7. The summed E-state index contributed by atoms with van der Waals surface area (Å²) in [6, 6.07) is -0.704. The molecular formula is C52H95NO5. The Kier molecular flexibility index (Phi) is 44.2. The van der Waals surface area contributed by atoms with Gasteiger partial charge in [-0.05, 0) is 70.6 Å². The number of carbonyl (C=O) groups excluding carboxylic acids is 2. The second-order valence-corrected chi connectivity index (χ2v) is 16.9. The predicted octanol–water partition coefficient (Wildman–Crippen LogP) is 14.7. The number of hydrogen-bond donors (Lipinski definition) is 3. The van der Waals surface area contributed by atoms with Gasteiger partial charge in [-0.1, -0.05) is 211 Å². The maximum absolute atomic E-state index is 13.1. The Morgan fingerprint density at radius 2 is 0.879 bits per heavy atom. The van der Waals surface area contributed by atoms with Gasteiger partial charge in [0.25, 0.3) is 0 Å². The first kappa shape index (κ1) is 55.8. The third-order valence-electron chi connectivity index (χ3n) is 11.2. The van der Waals surface area contributed by atoms with Gasteiger partial charge in [0.15, 0.2) is 0 Å². The lowest BCUT2D eigenvalue weighted by atomic mass is 10.0. The molecule has 3 unspecified atom stereocenters. The molecule has 0 heterocycles. The van der Waals surface area contributed by atoms with Crippen molar-refractivity contribution in [1.82, 2.24) is 5.32 Å². The van der Waals surface area contributed by atoms with Gasteiger partial charge in [-0.25, -0.2) is 0 Å². The summed E-state index contributed by atoms with van der Waals surface area (Å²) in [5.74, 6) is -0.509. The van der Waals surface area contributed by atoms with Crippen LogP contribution in [0.1, 0.15) is 245 Å². The predicted molar refractivity (Wildman–Crippen MR) is 250 cm³/mol. The van der Waals surface area contributed by atoms with Crippen molar-refractivity contribution in [3.63, 3.8) is 0 Å². The van der Waals surface area contributed by atoms with E-state index in [2.05, 4.69) is 74.7 Å². The fraction of sp³-hybridized carbons (Fsp3) is 0.808. The largest absolute Gasteiger partial charge is 0.462 e. The Morgan fingerprint density at radius 1 is 0.500 bits per heavy atom. The van der Waals surface area contributed by atoms with Gasteiger partial charge in [-0.2, -0.15) is 0 Å². The third-order valence-corrected chi connectivity index (χ3v) is 11.2. The first-order chi connectivity index (χ1) is 28.5. The summed E-state index contributed by atoms with van der Waals surface area (Å²) < 4.78 is 5.89. The highest BCUT2D eigenvalue weighted by Gasteiger charge is 2.24. The number of aliphatic hydroxyl groups is 2. The molecule has 0 spiro atoms. The van der Waals surface area contributed by atoms with E-state index in [0.717, 1.165) is 83.5 Å². The standard InChI is InChI=1S/C52H95NO5/c1-4-7-10-13-16-19-21-23-24-25-26-27-28-29-31-33-36-39-42-45-52(57)58-48(43-40-37-34-18-15-12-9-6-3)46-51(56)53-49(47-54)50(55)44-41-38-35-32-30-22-20-17-14-11-8-5-2/h16,19,23-24,26-27,29,31,48-50,54-55H,4-15,17-18,20-22,25,28,30,32-47H2,1-3H3,(H,53,56)/b19-16-,24-23-,27-26-,31-29-. The van der Waals surface area contributed by atoms with E-state index in [0.29, 0.717) is 19.3 Å². The van der Waals surface area contributed by atoms with E-state index in [-0.39, 0.29) is 24.9 Å². The van der Waals surface area contributed by atoms with Gasteiger partial charge < -0.3 is 20.3 Å². The summed E-state index contributed by atoms with van der Waals surface area (Å²) in [7, 11) is 0. The first-order valence-corrected chi connectivity index (χ1v) is 24.9. The van der Waals surface area contributed by atoms with Crippen LogP contribution in [-0.4, -0.2) is 46.9 Å². The van der Waals surface area contributed by atoms with E-state index in [4.69, 9.17) is 4.74 Å². The topological polar surface area (TPSA) is 95.9 Å². The van der Waals surface area contributed by atoms with E-state index < -0.39 is 18.2 Å². The van der Waals surface area contributed by atoms with Gasteiger partial charge >= 0.3 is 5.97 Å². The quantitative estimate of drug-likeness (QED) is 0.0323. The zero-order valence-corrected chi connectivity index (χ0v) is 38.4. The van der Waals surface area contributed by atoms with Crippen molar-refractivity contribution in [3.05, 3.63) is 48.6 Å². The van der Waals surface area contributed by atoms with Crippen LogP contribution in [0.4, 0.5) is 0 Å². The number of rotatable bonds is 44. The minimum absolute atomic E-state index is 0.0656. The van der Waals surface area contributed by atoms with Gasteiger partial charge in [-0.15, -0.1) is 0 Å². The molecule has 1 amide bonds. The number of unbranched alkanes of at least 4 members (excludes halogenated alkanes) is 24. The Hall–Kier alpha value is -2.18. The van der Waals surface area contributed by atoms with E-state index >= 15 is 0 Å². The van der Waals surface area contributed by atoms with Crippen LogP contribution in [0.15, 0.2) is 48.6 Å². The molecule has 3 N–H and O–H groups in total. The maximum atomic E-state index is 13.1. The number of allylic oxidation sites excluding steroid dienone is 8. The molecule has 0 saturated heterocycles. The molecule has 0 aromatic rings. The summed E-state index contributed by atoms with van der Waals surface area (Å²) in [5.41, 5.74) is 0. The van der Waals surface area contributed by atoms with Crippen LogP contribution in [0.25, 0.3) is 0 Å². The molecule has 3 atom stereocenters. The molecule has 0 aliphatic rings. The molecule has 0 saturated carbocycles. The molecule has 6 nitrogen and oxygen atoms in total. The van der Waals surface area contributed by atoms with Crippen LogP contribution >= 0.6 is 0 Å². The normalized spacial score (nSPS) is 13.7. The molecule has 0 aliphatic heterocycles. The second-order valence-electron chi connectivity index (χ2n) is 16.9. The first-order valence-electron chi connectivity index (χ1n) is 24.9. The number of hydrogen-bond acceptors (Lipinski definition) is 5. The highest BCUT2D eigenvalue weighted by atomic mass is 16.5. The summed E-state index contributed by atoms with van der Waals surface area (Å²) in [6.45, 7) is 6.42. The van der Waals surface area contributed by atoms with Crippen LogP contribution in [-0.2, 0) is 14.3 Å². The smallest absolute Gasteiger partial charge is 0.306 e. The van der Waals surface area contributed by atoms with Gasteiger partial charge in [0.2, 0.25) is 5.91 Å². The number of carbonyl (C=O) groups is 2. The van der Waals surface area contributed by atoms with Crippen LogP contribution in [0, 0.1) is 0 Å². The van der Waals surface area contributed by atoms with Gasteiger partial charge in [0, 0.05) is 6.42 Å². The van der Waals surface area contributed by atoms with Crippen molar-refractivity contribution in [2.24, 2.45) is 0 Å². The average molecular weight is 814 g/mol. The lowest BCUT2D eigenvalue weighted by molar-refractivity contribution is -0.151. The fourth-order valence-corrected chi connectivity index (χ4v) is 7.35. The van der Waals surface area contributed by atoms with Crippen LogP contribution in [0.5, 0.6) is 0 Å². The Labute approximate surface area is 359 Å². The second kappa shape index (κ2) is 45.9. The van der Waals surface area contributed by atoms with Crippen molar-refractivity contribution >= 4 is 11.9 Å². The monoisotopic (exact) mass is 814 g/mol. The number of ether oxygens (including phenoxy) is 1. The van der Waals surface area contributed by atoms with Crippen molar-refractivity contribution in [2.75, 3.05) is 6.61 Å². The summed E-state index contributed by atoms with van der Waals surface area (Å²) in [6.07, 6.45) is 54.6. The zero-order valence-electron chi connectivity index (χ0n) is 38.4. The Bertz CT molecular complexity index is 1000. The molecule has 0 aromatic carbocycles.